The van der Waals surface area contributed by atoms with Gasteiger partial charge in [-0.3, -0.25) is 9.89 Å². The molecule has 1 heterocycles. The molecule has 0 spiro atoms. The van der Waals surface area contributed by atoms with E-state index in [1.807, 2.05) is 50.2 Å². The molecule has 2 N–H and O–H groups in total. The molecule has 1 amide bonds. The average Bonchev–Trinajstić information content (AvgIpc) is 3.06. The molecule has 122 valence electrons. The first-order valence-electron chi connectivity index (χ1n) is 7.71. The predicted octanol–water partition coefficient (Wildman–Crippen LogP) is 4.53. The van der Waals surface area contributed by atoms with Crippen molar-refractivity contribution in [3.63, 3.8) is 0 Å². The first-order valence-corrected chi connectivity index (χ1v) is 8.09. The maximum absolute atomic E-state index is 12.6. The van der Waals surface area contributed by atoms with E-state index < -0.39 is 0 Å². The first-order chi connectivity index (χ1) is 11.5. The fourth-order valence-corrected chi connectivity index (χ4v) is 2.63. The molecular weight excluding hydrogens is 322 g/mol. The summed E-state index contributed by atoms with van der Waals surface area (Å²) in [5, 5.41) is 10.6. The van der Waals surface area contributed by atoms with Crippen LogP contribution in [0.5, 0.6) is 0 Å². The molecule has 24 heavy (non-hydrogen) atoms. The molecule has 0 fully saturated rings. The highest BCUT2D eigenvalue weighted by Crippen LogP contribution is 2.23. The molecule has 0 aliphatic heterocycles. The van der Waals surface area contributed by atoms with Crippen LogP contribution in [0, 0.1) is 6.92 Å². The molecular formula is C19H18ClN3O. The quantitative estimate of drug-likeness (QED) is 0.733. The van der Waals surface area contributed by atoms with Crippen LogP contribution in [0.2, 0.25) is 5.02 Å². The number of H-pyrrole nitrogens is 1. The van der Waals surface area contributed by atoms with Gasteiger partial charge in [0, 0.05) is 10.6 Å². The fourth-order valence-electron chi connectivity index (χ4n) is 2.51. The van der Waals surface area contributed by atoms with Crippen LogP contribution in [0.3, 0.4) is 0 Å². The Balaban J connectivity index is 1.80. The summed E-state index contributed by atoms with van der Waals surface area (Å²) in [5.74, 6) is -0.165. The Kier molecular flexibility index (Phi) is 4.67. The number of benzene rings is 2. The van der Waals surface area contributed by atoms with Crippen LogP contribution in [0.1, 0.15) is 34.5 Å². The summed E-state index contributed by atoms with van der Waals surface area (Å²) in [6.45, 7) is 4.00. The van der Waals surface area contributed by atoms with Gasteiger partial charge in [0.2, 0.25) is 0 Å². The van der Waals surface area contributed by atoms with Crippen LogP contribution >= 0.6 is 11.6 Å². The monoisotopic (exact) mass is 339 g/mol. The number of rotatable bonds is 4. The summed E-state index contributed by atoms with van der Waals surface area (Å²) in [6, 6.07) is 15.3. The Labute approximate surface area is 145 Å². The molecule has 0 bridgehead atoms. The third-order valence-corrected chi connectivity index (χ3v) is 4.19. The van der Waals surface area contributed by atoms with E-state index in [1.165, 1.54) is 5.56 Å². The number of carbonyl (C=O) groups excluding carboxylic acids is 1. The number of hydrogen-bond donors (Lipinski definition) is 2. The summed E-state index contributed by atoms with van der Waals surface area (Å²) >= 11 is 5.92. The number of aromatic amines is 1. The zero-order valence-corrected chi connectivity index (χ0v) is 14.3. The van der Waals surface area contributed by atoms with Crippen molar-refractivity contribution in [1.29, 1.82) is 0 Å². The maximum Gasteiger partial charge on any atom is 0.255 e. The SMILES string of the molecule is Cc1ccc(C(C)NC(=O)c2cn[nH]c2-c2ccc(Cl)cc2)cc1. The molecule has 3 rings (SSSR count). The first kappa shape index (κ1) is 16.3. The van der Waals surface area contributed by atoms with Crippen LogP contribution in [0.25, 0.3) is 11.3 Å². The van der Waals surface area contributed by atoms with E-state index in [-0.39, 0.29) is 11.9 Å². The van der Waals surface area contributed by atoms with Crippen molar-refractivity contribution >= 4 is 17.5 Å². The number of carbonyl (C=O) groups is 1. The lowest BCUT2D eigenvalue weighted by Gasteiger charge is -2.14. The van der Waals surface area contributed by atoms with Gasteiger partial charge in [-0.2, -0.15) is 5.10 Å². The topological polar surface area (TPSA) is 57.8 Å². The van der Waals surface area contributed by atoms with Gasteiger partial charge in [-0.05, 0) is 31.5 Å². The Morgan fingerprint density at radius 1 is 1.12 bits per heavy atom. The summed E-state index contributed by atoms with van der Waals surface area (Å²) < 4.78 is 0. The van der Waals surface area contributed by atoms with Crippen LogP contribution in [0.15, 0.2) is 54.7 Å². The Morgan fingerprint density at radius 2 is 1.79 bits per heavy atom. The number of aryl methyl sites for hydroxylation is 1. The summed E-state index contributed by atoms with van der Waals surface area (Å²) in [5.41, 5.74) is 4.31. The van der Waals surface area contributed by atoms with Gasteiger partial charge < -0.3 is 5.32 Å². The van der Waals surface area contributed by atoms with Crippen molar-refractivity contribution in [1.82, 2.24) is 15.5 Å². The molecule has 1 unspecified atom stereocenters. The Bertz CT molecular complexity index is 838. The van der Waals surface area contributed by atoms with Gasteiger partial charge in [0.05, 0.1) is 23.5 Å². The van der Waals surface area contributed by atoms with Crippen LogP contribution in [0.4, 0.5) is 0 Å². The van der Waals surface area contributed by atoms with E-state index in [9.17, 15) is 4.79 Å². The number of nitrogens with zero attached hydrogens (tertiary/aromatic N) is 1. The molecule has 0 aliphatic rings. The molecule has 0 radical (unpaired) electrons. The zero-order chi connectivity index (χ0) is 17.1. The molecule has 4 nitrogen and oxygen atoms in total. The molecule has 1 aromatic heterocycles. The van der Waals surface area contributed by atoms with Crippen LogP contribution in [-0.4, -0.2) is 16.1 Å². The van der Waals surface area contributed by atoms with E-state index in [1.54, 1.807) is 18.3 Å². The van der Waals surface area contributed by atoms with Crippen molar-refractivity contribution in [3.05, 3.63) is 76.4 Å². The van der Waals surface area contributed by atoms with Gasteiger partial charge >= 0.3 is 0 Å². The Morgan fingerprint density at radius 3 is 2.46 bits per heavy atom. The minimum atomic E-state index is -0.165. The van der Waals surface area contributed by atoms with E-state index in [2.05, 4.69) is 15.5 Å². The van der Waals surface area contributed by atoms with Gasteiger partial charge in [0.1, 0.15) is 0 Å². The van der Waals surface area contributed by atoms with Gasteiger partial charge in [-0.25, -0.2) is 0 Å². The smallest absolute Gasteiger partial charge is 0.255 e. The van der Waals surface area contributed by atoms with Crippen LogP contribution < -0.4 is 5.32 Å². The lowest BCUT2D eigenvalue weighted by molar-refractivity contribution is 0.0940. The molecule has 1 atom stereocenters. The van der Waals surface area contributed by atoms with Crippen molar-refractivity contribution in [2.45, 2.75) is 19.9 Å². The lowest BCUT2D eigenvalue weighted by Crippen LogP contribution is -2.26. The van der Waals surface area contributed by atoms with Crippen LogP contribution in [-0.2, 0) is 0 Å². The van der Waals surface area contributed by atoms with Gasteiger partial charge in [0.25, 0.3) is 5.91 Å². The fraction of sp³-hybridized carbons (Fsp3) is 0.158. The standard InChI is InChI=1S/C19H18ClN3O/c1-12-3-5-14(6-4-12)13(2)22-19(24)17-11-21-23-18(17)15-7-9-16(20)10-8-15/h3-11,13H,1-2H3,(H,21,23)(H,22,24). The highest BCUT2D eigenvalue weighted by molar-refractivity contribution is 6.30. The highest BCUT2D eigenvalue weighted by atomic mass is 35.5. The number of aromatic nitrogens is 2. The van der Waals surface area contributed by atoms with E-state index in [0.717, 1.165) is 11.1 Å². The number of hydrogen-bond acceptors (Lipinski definition) is 2. The molecule has 0 saturated carbocycles. The number of amides is 1. The highest BCUT2D eigenvalue weighted by Gasteiger charge is 2.17. The van der Waals surface area contributed by atoms with E-state index in [4.69, 9.17) is 11.6 Å². The summed E-state index contributed by atoms with van der Waals surface area (Å²) in [4.78, 5) is 12.6. The molecule has 5 heteroatoms. The summed E-state index contributed by atoms with van der Waals surface area (Å²) in [6.07, 6.45) is 1.54. The van der Waals surface area contributed by atoms with E-state index in [0.29, 0.717) is 16.3 Å². The predicted molar refractivity (Wildman–Crippen MR) is 96.1 cm³/mol. The minimum Gasteiger partial charge on any atom is -0.345 e. The second-order valence-corrected chi connectivity index (χ2v) is 6.21. The van der Waals surface area contributed by atoms with Crippen molar-refractivity contribution in [3.8, 4) is 11.3 Å². The zero-order valence-electron chi connectivity index (χ0n) is 13.5. The summed E-state index contributed by atoms with van der Waals surface area (Å²) in [7, 11) is 0. The second kappa shape index (κ2) is 6.89. The normalized spacial score (nSPS) is 12.0. The maximum atomic E-state index is 12.6. The second-order valence-electron chi connectivity index (χ2n) is 5.77. The van der Waals surface area contributed by atoms with Gasteiger partial charge in [0.15, 0.2) is 0 Å². The molecule has 2 aromatic carbocycles. The largest absolute Gasteiger partial charge is 0.345 e. The average molecular weight is 340 g/mol. The lowest BCUT2D eigenvalue weighted by atomic mass is 10.0. The third kappa shape index (κ3) is 3.49. The number of halogens is 1. The van der Waals surface area contributed by atoms with Gasteiger partial charge in [-0.1, -0.05) is 53.6 Å². The molecule has 3 aromatic rings. The third-order valence-electron chi connectivity index (χ3n) is 3.94. The van der Waals surface area contributed by atoms with Crippen molar-refractivity contribution < 1.29 is 4.79 Å². The van der Waals surface area contributed by atoms with Gasteiger partial charge in [-0.15, -0.1) is 0 Å². The molecule has 0 aliphatic carbocycles. The van der Waals surface area contributed by atoms with Crippen molar-refractivity contribution in [2.24, 2.45) is 0 Å². The van der Waals surface area contributed by atoms with E-state index >= 15 is 0 Å². The minimum absolute atomic E-state index is 0.0916. The molecule has 0 saturated heterocycles. The Hall–Kier alpha value is -2.59. The number of nitrogens with one attached hydrogen (secondary N) is 2. The van der Waals surface area contributed by atoms with Crippen molar-refractivity contribution in [2.75, 3.05) is 0 Å².